The standard InChI is InChI=1S/C18H18ClN3/c19-14-6-7-17-16(10-14)18(13-4-2-1-3-5-13)21-12-15-11-20-8-9-22(15)17/h1-7,10,15,20H,8-9,11-12H2. The van der Waals surface area contributed by atoms with Crippen molar-refractivity contribution in [2.24, 2.45) is 4.99 Å². The predicted octanol–water partition coefficient (Wildman–Crippen LogP) is 2.97. The van der Waals surface area contributed by atoms with Gasteiger partial charge in [-0.15, -0.1) is 0 Å². The third-order valence-corrected chi connectivity index (χ3v) is 4.62. The minimum Gasteiger partial charge on any atom is -0.364 e. The van der Waals surface area contributed by atoms with Crippen LogP contribution in [0.3, 0.4) is 0 Å². The maximum atomic E-state index is 6.27. The zero-order valence-electron chi connectivity index (χ0n) is 12.3. The van der Waals surface area contributed by atoms with Crippen LogP contribution < -0.4 is 10.2 Å². The van der Waals surface area contributed by atoms with Gasteiger partial charge < -0.3 is 10.2 Å². The summed E-state index contributed by atoms with van der Waals surface area (Å²) in [6, 6.07) is 17.0. The first-order chi connectivity index (χ1) is 10.8. The van der Waals surface area contributed by atoms with Crippen molar-refractivity contribution in [3.63, 3.8) is 0 Å². The highest BCUT2D eigenvalue weighted by Crippen LogP contribution is 2.31. The van der Waals surface area contributed by atoms with Gasteiger partial charge in [0.15, 0.2) is 0 Å². The van der Waals surface area contributed by atoms with Crippen LogP contribution >= 0.6 is 11.6 Å². The summed E-state index contributed by atoms with van der Waals surface area (Å²) < 4.78 is 0. The Balaban J connectivity index is 1.88. The molecule has 22 heavy (non-hydrogen) atoms. The van der Waals surface area contributed by atoms with Crippen molar-refractivity contribution in [1.82, 2.24) is 5.32 Å². The summed E-state index contributed by atoms with van der Waals surface area (Å²) in [6.07, 6.45) is 0. The lowest BCUT2D eigenvalue weighted by Crippen LogP contribution is -2.52. The van der Waals surface area contributed by atoms with E-state index < -0.39 is 0 Å². The number of benzene rings is 2. The molecule has 0 spiro atoms. The Kier molecular flexibility index (Phi) is 3.60. The molecule has 1 N–H and O–H groups in total. The summed E-state index contributed by atoms with van der Waals surface area (Å²) in [5, 5.41) is 4.23. The summed E-state index contributed by atoms with van der Waals surface area (Å²) in [5.74, 6) is 0. The number of aliphatic imine (C=N–C) groups is 1. The second-order valence-electron chi connectivity index (χ2n) is 5.77. The zero-order valence-corrected chi connectivity index (χ0v) is 13.1. The lowest BCUT2D eigenvalue weighted by Gasteiger charge is -2.37. The van der Waals surface area contributed by atoms with Gasteiger partial charge in [-0.2, -0.15) is 0 Å². The van der Waals surface area contributed by atoms with E-state index >= 15 is 0 Å². The van der Waals surface area contributed by atoms with Gasteiger partial charge >= 0.3 is 0 Å². The number of anilines is 1. The molecule has 2 aromatic carbocycles. The predicted molar refractivity (Wildman–Crippen MR) is 92.4 cm³/mol. The number of hydrogen-bond acceptors (Lipinski definition) is 3. The number of piperazine rings is 1. The Morgan fingerprint density at radius 2 is 2.00 bits per heavy atom. The lowest BCUT2D eigenvalue weighted by molar-refractivity contribution is 0.484. The van der Waals surface area contributed by atoms with E-state index in [1.54, 1.807) is 0 Å². The molecule has 4 heteroatoms. The Labute approximate surface area is 135 Å². The van der Waals surface area contributed by atoms with Gasteiger partial charge in [0.05, 0.1) is 18.3 Å². The molecule has 4 rings (SSSR count). The lowest BCUT2D eigenvalue weighted by atomic mass is 10.00. The maximum Gasteiger partial charge on any atom is 0.0741 e. The van der Waals surface area contributed by atoms with Gasteiger partial charge in [-0.05, 0) is 18.2 Å². The molecule has 2 aliphatic heterocycles. The maximum absolute atomic E-state index is 6.27. The first-order valence-electron chi connectivity index (χ1n) is 7.70. The van der Waals surface area contributed by atoms with Crippen molar-refractivity contribution in [3.05, 3.63) is 64.7 Å². The average molecular weight is 312 g/mol. The van der Waals surface area contributed by atoms with Crippen LogP contribution in [0.1, 0.15) is 11.1 Å². The van der Waals surface area contributed by atoms with Crippen LogP contribution in [0.5, 0.6) is 0 Å². The van der Waals surface area contributed by atoms with E-state index in [2.05, 4.69) is 40.5 Å². The van der Waals surface area contributed by atoms with Crippen LogP contribution in [-0.2, 0) is 0 Å². The van der Waals surface area contributed by atoms with Crippen molar-refractivity contribution in [2.45, 2.75) is 6.04 Å². The molecule has 0 aliphatic carbocycles. The third-order valence-electron chi connectivity index (χ3n) is 4.38. The summed E-state index contributed by atoms with van der Waals surface area (Å²) in [5.41, 5.74) is 4.59. The minimum absolute atomic E-state index is 0.412. The molecule has 2 aliphatic rings. The van der Waals surface area contributed by atoms with E-state index in [1.807, 2.05) is 18.2 Å². The summed E-state index contributed by atoms with van der Waals surface area (Å²) in [7, 11) is 0. The highest BCUT2D eigenvalue weighted by molar-refractivity contribution is 6.31. The van der Waals surface area contributed by atoms with Crippen LogP contribution in [-0.4, -0.2) is 37.9 Å². The van der Waals surface area contributed by atoms with Gasteiger partial charge in [-0.1, -0.05) is 41.9 Å². The van der Waals surface area contributed by atoms with E-state index in [0.717, 1.165) is 48.0 Å². The van der Waals surface area contributed by atoms with Gasteiger partial charge in [0, 0.05) is 41.5 Å². The van der Waals surface area contributed by atoms with Crippen molar-refractivity contribution in [1.29, 1.82) is 0 Å². The molecule has 1 atom stereocenters. The molecule has 0 aromatic heterocycles. The number of fused-ring (bicyclic) bond motifs is 3. The SMILES string of the molecule is Clc1ccc2c(c1)C(c1ccccc1)=NCC1CNCCN21. The van der Waals surface area contributed by atoms with Crippen LogP contribution in [0.2, 0.25) is 5.02 Å². The largest absolute Gasteiger partial charge is 0.364 e. The molecule has 3 nitrogen and oxygen atoms in total. The second kappa shape index (κ2) is 5.75. The molecule has 0 bridgehead atoms. The fraction of sp³-hybridized carbons (Fsp3) is 0.278. The van der Waals surface area contributed by atoms with Gasteiger partial charge in [0.25, 0.3) is 0 Å². The van der Waals surface area contributed by atoms with Crippen molar-refractivity contribution >= 4 is 23.0 Å². The smallest absolute Gasteiger partial charge is 0.0741 e. The summed E-state index contributed by atoms with van der Waals surface area (Å²) in [4.78, 5) is 7.41. The number of hydrogen-bond donors (Lipinski definition) is 1. The van der Waals surface area contributed by atoms with Crippen molar-refractivity contribution < 1.29 is 0 Å². The van der Waals surface area contributed by atoms with Gasteiger partial charge in [-0.3, -0.25) is 4.99 Å². The summed E-state index contributed by atoms with van der Waals surface area (Å²) >= 11 is 6.27. The number of nitrogens with one attached hydrogen (secondary N) is 1. The molecule has 1 saturated heterocycles. The molecule has 1 unspecified atom stereocenters. The van der Waals surface area contributed by atoms with E-state index in [-0.39, 0.29) is 0 Å². The topological polar surface area (TPSA) is 27.6 Å². The normalized spacial score (nSPS) is 20.7. The van der Waals surface area contributed by atoms with E-state index in [1.165, 1.54) is 5.69 Å². The van der Waals surface area contributed by atoms with Crippen LogP contribution in [0.15, 0.2) is 53.5 Å². The number of nitrogens with zero attached hydrogens (tertiary/aromatic N) is 2. The van der Waals surface area contributed by atoms with Gasteiger partial charge in [0.2, 0.25) is 0 Å². The second-order valence-corrected chi connectivity index (χ2v) is 6.20. The molecular formula is C18H18ClN3. The highest BCUT2D eigenvalue weighted by Gasteiger charge is 2.28. The van der Waals surface area contributed by atoms with Crippen molar-refractivity contribution in [3.8, 4) is 0 Å². The monoisotopic (exact) mass is 311 g/mol. The molecule has 0 amide bonds. The molecule has 1 fully saturated rings. The molecular weight excluding hydrogens is 294 g/mol. The fourth-order valence-corrected chi connectivity index (χ4v) is 3.49. The Hall–Kier alpha value is -1.84. The number of halogens is 1. The molecule has 2 heterocycles. The quantitative estimate of drug-likeness (QED) is 0.877. The van der Waals surface area contributed by atoms with E-state index in [0.29, 0.717) is 6.04 Å². The minimum atomic E-state index is 0.412. The third kappa shape index (κ3) is 2.40. The summed E-state index contributed by atoms with van der Waals surface area (Å²) in [6.45, 7) is 3.81. The van der Waals surface area contributed by atoms with Crippen LogP contribution in [0.4, 0.5) is 5.69 Å². The van der Waals surface area contributed by atoms with Crippen LogP contribution in [0.25, 0.3) is 0 Å². The van der Waals surface area contributed by atoms with Crippen molar-refractivity contribution in [2.75, 3.05) is 31.1 Å². The van der Waals surface area contributed by atoms with Gasteiger partial charge in [0.1, 0.15) is 0 Å². The number of rotatable bonds is 1. The first-order valence-corrected chi connectivity index (χ1v) is 8.08. The molecule has 0 saturated carbocycles. The Bertz CT molecular complexity index is 712. The molecule has 0 radical (unpaired) electrons. The van der Waals surface area contributed by atoms with E-state index in [4.69, 9.17) is 16.6 Å². The fourth-order valence-electron chi connectivity index (χ4n) is 3.31. The molecule has 2 aromatic rings. The Morgan fingerprint density at radius 3 is 2.86 bits per heavy atom. The highest BCUT2D eigenvalue weighted by atomic mass is 35.5. The molecule has 112 valence electrons. The van der Waals surface area contributed by atoms with Gasteiger partial charge in [-0.25, -0.2) is 0 Å². The first kappa shape index (κ1) is 13.8. The zero-order chi connectivity index (χ0) is 14.9. The van der Waals surface area contributed by atoms with E-state index in [9.17, 15) is 0 Å². The average Bonchev–Trinajstić information content (AvgIpc) is 2.72. The van der Waals surface area contributed by atoms with Crippen LogP contribution in [0, 0.1) is 0 Å². The Morgan fingerprint density at radius 1 is 1.14 bits per heavy atom.